The maximum absolute atomic E-state index is 13.9. The summed E-state index contributed by atoms with van der Waals surface area (Å²) in [6, 6.07) is 5.16. The summed E-state index contributed by atoms with van der Waals surface area (Å²) in [6.07, 6.45) is 1.42. The average molecular weight is 558 g/mol. The summed E-state index contributed by atoms with van der Waals surface area (Å²) in [7, 11) is 1.67. The molecule has 1 heterocycles. The molecular weight excluding hydrogens is 510 g/mol. The van der Waals surface area contributed by atoms with Crippen molar-refractivity contribution in [3.63, 3.8) is 0 Å². The van der Waals surface area contributed by atoms with E-state index in [0.29, 0.717) is 17.7 Å². The van der Waals surface area contributed by atoms with Crippen LogP contribution in [0.25, 0.3) is 0 Å². The van der Waals surface area contributed by atoms with E-state index in [1.165, 1.54) is 4.90 Å². The number of esters is 1. The number of nitrogens with one attached hydrogen (secondary N) is 1. The van der Waals surface area contributed by atoms with Crippen LogP contribution in [-0.4, -0.2) is 66.2 Å². The minimum atomic E-state index is -0.897. The number of fused-ring (bicyclic) bond motifs is 1. The van der Waals surface area contributed by atoms with Crippen molar-refractivity contribution < 1.29 is 28.7 Å². The molecule has 0 aliphatic carbocycles. The van der Waals surface area contributed by atoms with Crippen LogP contribution in [0.15, 0.2) is 35.9 Å². The van der Waals surface area contributed by atoms with Crippen LogP contribution in [0.5, 0.6) is 0 Å². The third kappa shape index (κ3) is 8.08. The maximum Gasteiger partial charge on any atom is 0.415 e. The van der Waals surface area contributed by atoms with Gasteiger partial charge >= 0.3 is 12.1 Å². The van der Waals surface area contributed by atoms with Gasteiger partial charge in [0.2, 0.25) is 11.8 Å². The quantitative estimate of drug-likeness (QED) is 0.361. The molecule has 0 bridgehead atoms. The van der Waals surface area contributed by atoms with Crippen LogP contribution in [0.1, 0.15) is 74.8 Å². The van der Waals surface area contributed by atoms with Crippen LogP contribution in [0.2, 0.25) is 0 Å². The van der Waals surface area contributed by atoms with E-state index in [1.54, 1.807) is 58.7 Å². The molecule has 2 rings (SSSR count). The largest absolute Gasteiger partial charge is 0.463 e. The first kappa shape index (κ1) is 32.8. The maximum atomic E-state index is 13.9. The molecule has 3 atom stereocenters. The summed E-state index contributed by atoms with van der Waals surface area (Å²) in [4.78, 5) is 56.2. The van der Waals surface area contributed by atoms with Gasteiger partial charge in [-0.3, -0.25) is 14.5 Å². The van der Waals surface area contributed by atoms with E-state index in [9.17, 15) is 19.2 Å². The van der Waals surface area contributed by atoms with Crippen LogP contribution >= 0.6 is 0 Å². The predicted octanol–water partition coefficient (Wildman–Crippen LogP) is 4.88. The fourth-order valence-corrected chi connectivity index (χ4v) is 4.69. The minimum absolute atomic E-state index is 0.0124. The first-order chi connectivity index (χ1) is 18.4. The van der Waals surface area contributed by atoms with Gasteiger partial charge < -0.3 is 19.7 Å². The number of carbonyl (C=O) groups is 4. The Bertz CT molecular complexity index is 1130. The van der Waals surface area contributed by atoms with Gasteiger partial charge in [0.15, 0.2) is 0 Å². The fourth-order valence-electron chi connectivity index (χ4n) is 4.69. The van der Waals surface area contributed by atoms with E-state index in [0.717, 1.165) is 5.56 Å². The highest BCUT2D eigenvalue weighted by Crippen LogP contribution is 2.34. The number of hydrogen-bond acceptors (Lipinski definition) is 6. The third-order valence-electron chi connectivity index (χ3n) is 6.76. The lowest BCUT2D eigenvalue weighted by atomic mass is 9.84. The lowest BCUT2D eigenvalue weighted by Crippen LogP contribution is -2.60. The van der Waals surface area contributed by atoms with Gasteiger partial charge in [-0.25, -0.2) is 9.59 Å². The molecule has 9 nitrogen and oxygen atoms in total. The van der Waals surface area contributed by atoms with Crippen molar-refractivity contribution >= 4 is 29.6 Å². The summed E-state index contributed by atoms with van der Waals surface area (Å²) in [5.41, 5.74) is 0.484. The first-order valence-corrected chi connectivity index (χ1v) is 13.9. The lowest BCUT2D eigenvalue weighted by Gasteiger charge is -2.38. The Balaban J connectivity index is 2.38. The Morgan fingerprint density at radius 3 is 2.23 bits per heavy atom. The van der Waals surface area contributed by atoms with Crippen LogP contribution in [0.3, 0.4) is 0 Å². The van der Waals surface area contributed by atoms with E-state index in [2.05, 4.69) is 5.32 Å². The second-order valence-electron chi connectivity index (χ2n) is 12.8. The molecule has 1 aliphatic rings. The van der Waals surface area contributed by atoms with Gasteiger partial charge in [0.05, 0.1) is 18.3 Å². The van der Waals surface area contributed by atoms with Crippen LogP contribution in [-0.2, 0) is 30.3 Å². The molecule has 0 saturated carbocycles. The van der Waals surface area contributed by atoms with Crippen molar-refractivity contribution in [3.8, 4) is 0 Å². The number of ether oxygens (including phenoxy) is 2. The summed E-state index contributed by atoms with van der Waals surface area (Å²) < 4.78 is 10.7. The molecule has 1 aliphatic heterocycles. The zero-order valence-electron chi connectivity index (χ0n) is 26.0. The van der Waals surface area contributed by atoms with Gasteiger partial charge in [-0.1, -0.05) is 58.9 Å². The second kappa shape index (κ2) is 12.9. The van der Waals surface area contributed by atoms with E-state index in [1.807, 2.05) is 52.8 Å². The Morgan fingerprint density at radius 2 is 1.70 bits per heavy atom. The molecule has 1 aromatic rings. The highest BCUT2D eigenvalue weighted by Gasteiger charge is 2.44. The molecule has 3 amide bonds. The number of nitrogens with zero attached hydrogens (tertiary/aromatic N) is 2. The molecule has 0 aromatic heterocycles. The summed E-state index contributed by atoms with van der Waals surface area (Å²) in [6.45, 7) is 18.5. The van der Waals surface area contributed by atoms with Crippen molar-refractivity contribution in [2.24, 2.45) is 11.3 Å². The molecule has 40 heavy (non-hydrogen) atoms. The van der Waals surface area contributed by atoms with E-state index in [-0.39, 0.29) is 18.4 Å². The molecular formula is C31H47N3O6. The molecule has 222 valence electrons. The normalized spacial score (nSPS) is 17.1. The van der Waals surface area contributed by atoms with E-state index >= 15 is 0 Å². The monoisotopic (exact) mass is 557 g/mol. The summed E-state index contributed by atoms with van der Waals surface area (Å²) >= 11 is 0. The molecule has 1 unspecified atom stereocenters. The van der Waals surface area contributed by atoms with Crippen molar-refractivity contribution in [2.45, 2.75) is 99.4 Å². The number of amides is 3. The van der Waals surface area contributed by atoms with Crippen LogP contribution < -0.4 is 10.2 Å². The van der Waals surface area contributed by atoms with E-state index in [4.69, 9.17) is 9.47 Å². The van der Waals surface area contributed by atoms with Gasteiger partial charge in [0, 0.05) is 19.0 Å². The molecule has 0 spiro atoms. The standard InChI is InChI=1S/C31H47N3O6/c1-12-39-28(37)20(4)17-23(19(2)3)33(11)27(36)25(30(5,6)7)32-26(35)24-18-21-15-13-14-16-22(21)34(24)29(38)40-31(8,9)10/h13-17,19,23-25H,12,18H2,1-11H3,(H,32,35)/b20-17+/t23?,24-,25+/m0/s1. The Labute approximate surface area is 239 Å². The Morgan fingerprint density at radius 1 is 1.10 bits per heavy atom. The van der Waals surface area contributed by atoms with Crippen molar-refractivity contribution in [3.05, 3.63) is 41.5 Å². The van der Waals surface area contributed by atoms with Crippen LogP contribution in [0.4, 0.5) is 10.5 Å². The molecule has 0 radical (unpaired) electrons. The smallest absolute Gasteiger partial charge is 0.415 e. The van der Waals surface area contributed by atoms with Crippen molar-refractivity contribution in [1.29, 1.82) is 0 Å². The van der Waals surface area contributed by atoms with Gasteiger partial charge in [-0.2, -0.15) is 0 Å². The molecule has 0 saturated heterocycles. The Hall–Kier alpha value is -3.36. The highest BCUT2D eigenvalue weighted by atomic mass is 16.6. The highest BCUT2D eigenvalue weighted by molar-refractivity contribution is 6.02. The summed E-state index contributed by atoms with van der Waals surface area (Å²) in [5, 5.41) is 2.96. The number of hydrogen-bond donors (Lipinski definition) is 1. The third-order valence-corrected chi connectivity index (χ3v) is 6.76. The van der Waals surface area contributed by atoms with Gasteiger partial charge in [0.25, 0.3) is 0 Å². The zero-order chi connectivity index (χ0) is 30.6. The van der Waals surface area contributed by atoms with Crippen molar-refractivity contribution in [2.75, 3.05) is 18.6 Å². The first-order valence-electron chi connectivity index (χ1n) is 13.9. The van der Waals surface area contributed by atoms with Gasteiger partial charge in [-0.15, -0.1) is 0 Å². The average Bonchev–Trinajstić information content (AvgIpc) is 3.23. The minimum Gasteiger partial charge on any atom is -0.463 e. The fraction of sp³-hybridized carbons (Fsp3) is 0.613. The number of rotatable bonds is 8. The number of para-hydroxylation sites is 1. The zero-order valence-corrected chi connectivity index (χ0v) is 26.0. The number of anilines is 1. The predicted molar refractivity (Wildman–Crippen MR) is 156 cm³/mol. The van der Waals surface area contributed by atoms with Crippen LogP contribution in [0, 0.1) is 11.3 Å². The Kier molecular flexibility index (Phi) is 10.6. The molecule has 1 N–H and O–H groups in total. The number of carbonyl (C=O) groups excluding carboxylic acids is 4. The molecule has 0 fully saturated rings. The lowest BCUT2D eigenvalue weighted by molar-refractivity contribution is -0.140. The second-order valence-corrected chi connectivity index (χ2v) is 12.8. The topological polar surface area (TPSA) is 105 Å². The SMILES string of the molecule is CCOC(=O)/C(C)=C/C(C(C)C)N(C)C(=O)[C@@H](NC(=O)[C@@H]1Cc2ccccc2N1C(=O)OC(C)(C)C)C(C)(C)C. The van der Waals surface area contributed by atoms with E-state index < -0.39 is 47.1 Å². The molecule has 9 heteroatoms. The molecule has 1 aromatic carbocycles. The summed E-state index contributed by atoms with van der Waals surface area (Å²) in [5.74, 6) is -1.19. The van der Waals surface area contributed by atoms with Gasteiger partial charge in [-0.05, 0) is 57.6 Å². The number of likely N-dealkylation sites (N-methyl/N-ethyl adjacent to an activating group) is 1. The van der Waals surface area contributed by atoms with Crippen molar-refractivity contribution in [1.82, 2.24) is 10.2 Å². The number of benzene rings is 1. The van der Waals surface area contributed by atoms with Gasteiger partial charge in [0.1, 0.15) is 17.7 Å².